The van der Waals surface area contributed by atoms with Crippen molar-refractivity contribution in [1.29, 1.82) is 0 Å². The molecular formula is C14H19N3O2. The average molecular weight is 261 g/mol. The predicted molar refractivity (Wildman–Crippen MR) is 73.1 cm³/mol. The molecule has 0 aliphatic carbocycles. The molecule has 0 saturated carbocycles. The first-order valence-corrected chi connectivity index (χ1v) is 6.37. The Labute approximate surface area is 113 Å². The maximum absolute atomic E-state index is 5.25. The van der Waals surface area contributed by atoms with Crippen molar-refractivity contribution in [2.24, 2.45) is 0 Å². The van der Waals surface area contributed by atoms with Gasteiger partial charge in [-0.3, -0.25) is 0 Å². The van der Waals surface area contributed by atoms with Crippen LogP contribution >= 0.6 is 0 Å². The number of aryl methyl sites for hydroxylation is 1. The van der Waals surface area contributed by atoms with E-state index in [0.29, 0.717) is 17.8 Å². The van der Waals surface area contributed by atoms with Crippen molar-refractivity contribution in [1.82, 2.24) is 15.5 Å². The number of nitrogens with zero attached hydrogens (tertiary/aromatic N) is 2. The fraction of sp³-hybridized carbons (Fsp3) is 0.429. The minimum Gasteiger partial charge on any atom is -0.497 e. The largest absolute Gasteiger partial charge is 0.497 e. The molecule has 0 radical (unpaired) electrons. The van der Waals surface area contributed by atoms with Crippen molar-refractivity contribution in [3.05, 3.63) is 30.2 Å². The van der Waals surface area contributed by atoms with Crippen LogP contribution in [0.1, 0.15) is 19.2 Å². The van der Waals surface area contributed by atoms with E-state index in [1.165, 1.54) is 0 Å². The van der Waals surface area contributed by atoms with Crippen LogP contribution in [0.15, 0.2) is 28.8 Å². The van der Waals surface area contributed by atoms with Crippen molar-refractivity contribution in [3.8, 4) is 17.1 Å². The number of hydrogen-bond acceptors (Lipinski definition) is 5. The number of nitrogens with one attached hydrogen (secondary N) is 1. The van der Waals surface area contributed by atoms with Gasteiger partial charge in [0.05, 0.1) is 7.11 Å². The van der Waals surface area contributed by atoms with E-state index in [0.717, 1.165) is 24.2 Å². The second-order valence-electron chi connectivity index (χ2n) is 4.47. The average Bonchev–Trinajstić information content (AvgIpc) is 2.93. The van der Waals surface area contributed by atoms with E-state index in [-0.39, 0.29) is 0 Å². The zero-order valence-corrected chi connectivity index (χ0v) is 11.5. The molecule has 1 aromatic heterocycles. The SMILES string of the molecule is CNC(C)CCc1nc(-c2ccc(OC)cc2)no1. The Bertz CT molecular complexity index is 508. The fourth-order valence-electron chi connectivity index (χ4n) is 1.70. The third-order valence-electron chi connectivity index (χ3n) is 3.10. The van der Waals surface area contributed by atoms with Gasteiger partial charge in [0.1, 0.15) is 5.75 Å². The highest BCUT2D eigenvalue weighted by Gasteiger charge is 2.09. The van der Waals surface area contributed by atoms with Gasteiger partial charge in [-0.25, -0.2) is 0 Å². The molecule has 0 aliphatic rings. The molecule has 1 N–H and O–H groups in total. The van der Waals surface area contributed by atoms with Crippen LogP contribution in [-0.2, 0) is 6.42 Å². The quantitative estimate of drug-likeness (QED) is 0.864. The van der Waals surface area contributed by atoms with E-state index in [9.17, 15) is 0 Å². The highest BCUT2D eigenvalue weighted by Crippen LogP contribution is 2.20. The van der Waals surface area contributed by atoms with E-state index >= 15 is 0 Å². The van der Waals surface area contributed by atoms with E-state index < -0.39 is 0 Å². The van der Waals surface area contributed by atoms with E-state index in [1.54, 1.807) is 7.11 Å². The third kappa shape index (κ3) is 3.54. The molecule has 0 bridgehead atoms. The normalized spacial score (nSPS) is 12.4. The maximum atomic E-state index is 5.25. The van der Waals surface area contributed by atoms with Gasteiger partial charge in [-0.1, -0.05) is 5.16 Å². The zero-order chi connectivity index (χ0) is 13.7. The second kappa shape index (κ2) is 6.33. The first-order valence-electron chi connectivity index (χ1n) is 6.37. The molecule has 0 amide bonds. The molecular weight excluding hydrogens is 242 g/mol. The Morgan fingerprint density at radius 2 is 2.05 bits per heavy atom. The molecule has 19 heavy (non-hydrogen) atoms. The predicted octanol–water partition coefficient (Wildman–Crippen LogP) is 2.29. The lowest BCUT2D eigenvalue weighted by molar-refractivity contribution is 0.369. The molecule has 1 atom stereocenters. The van der Waals surface area contributed by atoms with Crippen LogP contribution in [0.25, 0.3) is 11.4 Å². The minimum absolute atomic E-state index is 0.441. The minimum atomic E-state index is 0.441. The van der Waals surface area contributed by atoms with Gasteiger partial charge in [0.2, 0.25) is 11.7 Å². The van der Waals surface area contributed by atoms with Crippen molar-refractivity contribution in [2.45, 2.75) is 25.8 Å². The van der Waals surface area contributed by atoms with Crippen molar-refractivity contribution in [2.75, 3.05) is 14.2 Å². The monoisotopic (exact) mass is 261 g/mol. The number of aromatic nitrogens is 2. The summed E-state index contributed by atoms with van der Waals surface area (Å²) in [5.41, 5.74) is 0.928. The molecule has 1 unspecified atom stereocenters. The summed E-state index contributed by atoms with van der Waals surface area (Å²) in [5, 5.41) is 7.18. The Morgan fingerprint density at radius 1 is 1.32 bits per heavy atom. The fourth-order valence-corrected chi connectivity index (χ4v) is 1.70. The van der Waals surface area contributed by atoms with Crippen molar-refractivity contribution < 1.29 is 9.26 Å². The van der Waals surface area contributed by atoms with Crippen LogP contribution in [0, 0.1) is 0 Å². The van der Waals surface area contributed by atoms with Crippen LogP contribution in [0.5, 0.6) is 5.75 Å². The van der Waals surface area contributed by atoms with Gasteiger partial charge in [0.25, 0.3) is 0 Å². The van der Waals surface area contributed by atoms with Crippen LogP contribution in [-0.4, -0.2) is 30.3 Å². The molecule has 1 heterocycles. The van der Waals surface area contributed by atoms with Gasteiger partial charge < -0.3 is 14.6 Å². The molecule has 5 heteroatoms. The first-order chi connectivity index (χ1) is 9.22. The number of rotatable bonds is 6. The van der Waals surface area contributed by atoms with Gasteiger partial charge in [0.15, 0.2) is 0 Å². The molecule has 0 spiro atoms. The molecule has 1 aromatic carbocycles. The van der Waals surface area contributed by atoms with Crippen molar-refractivity contribution >= 4 is 0 Å². The molecule has 2 aromatic rings. The Balaban J connectivity index is 2.03. The lowest BCUT2D eigenvalue weighted by atomic mass is 10.2. The van der Waals surface area contributed by atoms with Crippen LogP contribution in [0.2, 0.25) is 0 Å². The third-order valence-corrected chi connectivity index (χ3v) is 3.10. The highest BCUT2D eigenvalue weighted by molar-refractivity contribution is 5.55. The summed E-state index contributed by atoms with van der Waals surface area (Å²) in [6.07, 6.45) is 1.76. The smallest absolute Gasteiger partial charge is 0.227 e. The molecule has 2 rings (SSSR count). The lowest BCUT2D eigenvalue weighted by Crippen LogP contribution is -2.21. The summed E-state index contributed by atoms with van der Waals surface area (Å²) in [5.74, 6) is 2.11. The van der Waals surface area contributed by atoms with Gasteiger partial charge in [-0.2, -0.15) is 4.98 Å². The van der Waals surface area contributed by atoms with Gasteiger partial charge in [-0.15, -0.1) is 0 Å². The number of hydrogen-bond donors (Lipinski definition) is 1. The number of benzene rings is 1. The molecule has 102 valence electrons. The van der Waals surface area contributed by atoms with Gasteiger partial charge in [0, 0.05) is 18.0 Å². The Hall–Kier alpha value is -1.88. The Morgan fingerprint density at radius 3 is 2.68 bits per heavy atom. The Kier molecular flexibility index (Phi) is 4.52. The summed E-state index contributed by atoms with van der Waals surface area (Å²) < 4.78 is 10.4. The summed E-state index contributed by atoms with van der Waals surface area (Å²) >= 11 is 0. The molecule has 0 aliphatic heterocycles. The summed E-state index contributed by atoms with van der Waals surface area (Å²) in [6.45, 7) is 2.13. The zero-order valence-electron chi connectivity index (χ0n) is 11.5. The number of ether oxygens (including phenoxy) is 1. The van der Waals surface area contributed by atoms with Gasteiger partial charge >= 0.3 is 0 Å². The maximum Gasteiger partial charge on any atom is 0.227 e. The summed E-state index contributed by atoms with van der Waals surface area (Å²) in [6, 6.07) is 8.05. The van der Waals surface area contributed by atoms with E-state index in [2.05, 4.69) is 22.4 Å². The second-order valence-corrected chi connectivity index (χ2v) is 4.47. The van der Waals surface area contributed by atoms with Crippen LogP contribution in [0.3, 0.4) is 0 Å². The van der Waals surface area contributed by atoms with Crippen molar-refractivity contribution in [3.63, 3.8) is 0 Å². The standard InChI is InChI=1S/C14H19N3O2/c1-10(15-2)4-9-13-16-14(17-19-13)11-5-7-12(18-3)8-6-11/h5-8,10,15H,4,9H2,1-3H3. The number of methoxy groups -OCH3 is 1. The first kappa shape index (κ1) is 13.5. The van der Waals surface area contributed by atoms with E-state index in [4.69, 9.17) is 9.26 Å². The molecule has 0 saturated heterocycles. The summed E-state index contributed by atoms with van der Waals surface area (Å²) in [7, 11) is 3.59. The molecule has 0 fully saturated rings. The topological polar surface area (TPSA) is 60.2 Å². The van der Waals surface area contributed by atoms with Crippen LogP contribution < -0.4 is 10.1 Å². The summed E-state index contributed by atoms with van der Waals surface area (Å²) in [4.78, 5) is 4.40. The van der Waals surface area contributed by atoms with Crippen LogP contribution in [0.4, 0.5) is 0 Å². The van der Waals surface area contributed by atoms with E-state index in [1.807, 2.05) is 31.3 Å². The lowest BCUT2D eigenvalue weighted by Gasteiger charge is -2.06. The highest BCUT2D eigenvalue weighted by atomic mass is 16.5. The van der Waals surface area contributed by atoms with Gasteiger partial charge in [-0.05, 0) is 44.7 Å². The molecule has 5 nitrogen and oxygen atoms in total.